The first kappa shape index (κ1) is 29.6. The molecule has 14 nitrogen and oxygen atoms in total. The molecule has 1 aliphatic heterocycles. The maximum absolute atomic E-state index is 16.0. The van der Waals surface area contributed by atoms with Crippen LogP contribution in [0.4, 0.5) is 16.2 Å². The Hall–Kier alpha value is -3.36. The monoisotopic (exact) mass is 581 g/mol. The molecule has 2 aromatic heterocycles. The van der Waals surface area contributed by atoms with Gasteiger partial charge in [-0.05, 0) is 32.9 Å². The van der Waals surface area contributed by atoms with Gasteiger partial charge < -0.3 is 29.7 Å². The minimum Gasteiger partial charge on any atom is -0.465 e. The van der Waals surface area contributed by atoms with Gasteiger partial charge in [0.25, 0.3) is 0 Å². The predicted octanol–water partition coefficient (Wildman–Crippen LogP) is 2.21. The summed E-state index contributed by atoms with van der Waals surface area (Å²) in [5.41, 5.74) is 4.07. The summed E-state index contributed by atoms with van der Waals surface area (Å²) in [5.74, 6) is -0.130. The molecule has 1 fully saturated rings. The molecular weight excluding hydrogens is 548 g/mol. The number of hydrogen-bond donors (Lipinski definition) is 3. The molecule has 0 saturated carbocycles. The van der Waals surface area contributed by atoms with Crippen molar-refractivity contribution in [1.29, 1.82) is 0 Å². The molecule has 0 bridgehead atoms. The van der Waals surface area contributed by atoms with Gasteiger partial charge in [0, 0.05) is 14.1 Å². The fourth-order valence-electron chi connectivity index (χ4n) is 4.19. The first-order valence-electron chi connectivity index (χ1n) is 12.5. The third-order valence-electron chi connectivity index (χ3n) is 6.18. The number of aliphatic hydroxyl groups is 1. The topological polar surface area (TPSA) is 176 Å². The summed E-state index contributed by atoms with van der Waals surface area (Å²) in [6.07, 6.45) is -3.09. The number of rotatable bonds is 11. The summed E-state index contributed by atoms with van der Waals surface area (Å²) in [7, 11) is -0.774. The number of nitrogens with two attached hydrogens (primary N) is 1. The van der Waals surface area contributed by atoms with Crippen molar-refractivity contribution in [3.8, 4) is 5.75 Å². The van der Waals surface area contributed by atoms with Gasteiger partial charge in [0.2, 0.25) is 5.95 Å². The van der Waals surface area contributed by atoms with Crippen LogP contribution < -0.4 is 20.2 Å². The van der Waals surface area contributed by atoms with Crippen LogP contribution in [0, 0.1) is 0 Å². The Morgan fingerprint density at radius 2 is 2.05 bits per heavy atom. The lowest BCUT2D eigenvalue weighted by atomic mass is 9.98. The van der Waals surface area contributed by atoms with Crippen molar-refractivity contribution in [3.05, 3.63) is 36.7 Å². The average Bonchev–Trinajstić information content (AvgIpc) is 3.40. The number of carbonyl (C=O) groups is 1. The van der Waals surface area contributed by atoms with Crippen LogP contribution in [0.2, 0.25) is 0 Å². The number of hydrogen-bond acceptors (Lipinski definition) is 12. The van der Waals surface area contributed by atoms with Gasteiger partial charge in [0.1, 0.15) is 24.0 Å². The Bertz CT molecular complexity index is 1390. The van der Waals surface area contributed by atoms with Crippen LogP contribution in [0.1, 0.15) is 27.0 Å². The average molecular weight is 582 g/mol. The molecule has 6 atom stereocenters. The molecule has 0 radical (unpaired) electrons. The van der Waals surface area contributed by atoms with Gasteiger partial charge in [0.05, 0.1) is 19.5 Å². The minimum absolute atomic E-state index is 0.0577. The molecule has 0 amide bonds. The van der Waals surface area contributed by atoms with Crippen LogP contribution in [-0.4, -0.2) is 81.8 Å². The van der Waals surface area contributed by atoms with Gasteiger partial charge in [-0.1, -0.05) is 18.2 Å². The second-order valence-electron chi connectivity index (χ2n) is 9.55. The highest BCUT2D eigenvalue weighted by molar-refractivity contribution is 7.52. The second kappa shape index (κ2) is 11.6. The maximum atomic E-state index is 16.0. The Labute approximate surface area is 230 Å². The minimum atomic E-state index is -4.27. The van der Waals surface area contributed by atoms with E-state index in [0.717, 1.165) is 6.92 Å². The molecule has 1 aliphatic rings. The number of nitrogens with zero attached hydrogens (tertiary/aromatic N) is 5. The molecule has 4 N–H and O–H groups in total. The van der Waals surface area contributed by atoms with E-state index in [1.54, 1.807) is 56.3 Å². The summed E-state index contributed by atoms with van der Waals surface area (Å²) < 4.78 is 53.0. The fraction of sp³-hybridized carbons (Fsp3) is 0.500. The molecule has 0 aliphatic carbocycles. The number of halogens is 1. The normalized spacial score (nSPS) is 24.9. The molecule has 0 spiro atoms. The number of aromatic nitrogens is 4. The maximum Gasteiger partial charge on any atom is 0.459 e. The van der Waals surface area contributed by atoms with E-state index < -0.39 is 50.5 Å². The second-order valence-corrected chi connectivity index (χ2v) is 11.2. The van der Waals surface area contributed by atoms with E-state index in [1.807, 2.05) is 0 Å². The fourth-order valence-corrected chi connectivity index (χ4v) is 5.69. The summed E-state index contributed by atoms with van der Waals surface area (Å²) in [6, 6.07) is 7.06. The van der Waals surface area contributed by atoms with Crippen molar-refractivity contribution in [2.45, 2.75) is 50.9 Å². The molecule has 218 valence electrons. The van der Waals surface area contributed by atoms with Crippen LogP contribution in [0.3, 0.4) is 0 Å². The van der Waals surface area contributed by atoms with Gasteiger partial charge in [0.15, 0.2) is 28.9 Å². The molecule has 0 unspecified atom stereocenters. The number of nitrogens with one attached hydrogen (secondary N) is 1. The van der Waals surface area contributed by atoms with E-state index in [1.165, 1.54) is 17.8 Å². The third-order valence-corrected chi connectivity index (χ3v) is 7.83. The first-order valence-corrected chi connectivity index (χ1v) is 14.0. The van der Waals surface area contributed by atoms with E-state index in [-0.39, 0.29) is 24.0 Å². The van der Waals surface area contributed by atoms with Crippen LogP contribution in [0.15, 0.2) is 36.7 Å². The van der Waals surface area contributed by atoms with E-state index in [9.17, 15) is 14.5 Å². The number of benzene rings is 1. The van der Waals surface area contributed by atoms with Crippen molar-refractivity contribution in [1.82, 2.24) is 24.6 Å². The summed E-state index contributed by atoms with van der Waals surface area (Å²) in [4.78, 5) is 26.5. The van der Waals surface area contributed by atoms with Crippen molar-refractivity contribution in [2.75, 3.05) is 37.9 Å². The summed E-state index contributed by atoms with van der Waals surface area (Å²) in [6.45, 7) is 3.78. The van der Waals surface area contributed by atoms with Gasteiger partial charge in [-0.3, -0.25) is 13.9 Å². The molecule has 40 heavy (non-hydrogen) atoms. The Morgan fingerprint density at radius 3 is 2.70 bits per heavy atom. The van der Waals surface area contributed by atoms with Crippen LogP contribution in [0.25, 0.3) is 11.2 Å². The number of para-hydroxylation sites is 1. The number of ether oxygens (including phenoxy) is 2. The van der Waals surface area contributed by atoms with Crippen molar-refractivity contribution in [2.24, 2.45) is 0 Å². The Balaban J connectivity index is 1.58. The lowest BCUT2D eigenvalue weighted by Gasteiger charge is -2.25. The van der Waals surface area contributed by atoms with Gasteiger partial charge in [-0.25, -0.2) is 13.9 Å². The number of esters is 1. The van der Waals surface area contributed by atoms with Crippen LogP contribution in [0.5, 0.6) is 5.75 Å². The van der Waals surface area contributed by atoms with E-state index in [0.29, 0.717) is 11.3 Å². The number of imidazole rings is 1. The standard InChI is InChI=1S/C24H33FN7O7P/c1-6-36-21(34)14(2)30-40(35,39-15-10-8-7-9-11-15)37-12-16-18(33)24(3,25)22(38-16)32-13-27-17-19(31(4)5)28-23(26)29-20(17)32/h7-11,13-14,16,18,22,33H,6,12H2,1-5H3,(H,30,35)(H2,26,28,29)/t14-,16-,18-,22-,24-,40-/m1/s1. The van der Waals surface area contributed by atoms with Crippen LogP contribution >= 0.6 is 7.75 Å². The zero-order chi connectivity index (χ0) is 29.2. The van der Waals surface area contributed by atoms with Crippen LogP contribution in [-0.2, 0) is 23.4 Å². The number of alkyl halides is 1. The molecular formula is C24H33FN7O7P. The van der Waals surface area contributed by atoms with E-state index in [2.05, 4.69) is 20.0 Å². The third kappa shape index (κ3) is 6.03. The predicted molar refractivity (Wildman–Crippen MR) is 143 cm³/mol. The lowest BCUT2D eigenvalue weighted by molar-refractivity contribution is -0.144. The lowest BCUT2D eigenvalue weighted by Crippen LogP contribution is -2.41. The summed E-state index contributed by atoms with van der Waals surface area (Å²) in [5, 5.41) is 13.4. The highest BCUT2D eigenvalue weighted by atomic mass is 31.2. The first-order chi connectivity index (χ1) is 18.9. The van der Waals surface area contributed by atoms with E-state index >= 15 is 4.39 Å². The quantitative estimate of drug-likeness (QED) is 0.222. The van der Waals surface area contributed by atoms with Crippen molar-refractivity contribution in [3.63, 3.8) is 0 Å². The number of anilines is 2. The summed E-state index contributed by atoms with van der Waals surface area (Å²) >= 11 is 0. The zero-order valence-corrected chi connectivity index (χ0v) is 23.6. The highest BCUT2D eigenvalue weighted by Crippen LogP contribution is 2.48. The number of aliphatic hydroxyl groups excluding tert-OH is 1. The van der Waals surface area contributed by atoms with Gasteiger partial charge >= 0.3 is 13.7 Å². The Morgan fingerprint density at radius 1 is 1.35 bits per heavy atom. The Kier molecular flexibility index (Phi) is 8.61. The molecule has 16 heteroatoms. The van der Waals surface area contributed by atoms with Gasteiger partial charge in [-0.2, -0.15) is 15.1 Å². The van der Waals surface area contributed by atoms with Crippen molar-refractivity contribution >= 4 is 36.6 Å². The number of carbonyl (C=O) groups excluding carboxylic acids is 1. The highest BCUT2D eigenvalue weighted by Gasteiger charge is 2.56. The van der Waals surface area contributed by atoms with Gasteiger partial charge in [-0.15, -0.1) is 0 Å². The molecule has 1 aromatic carbocycles. The van der Waals surface area contributed by atoms with Crippen molar-refractivity contribution < 1.29 is 37.4 Å². The largest absolute Gasteiger partial charge is 0.465 e. The zero-order valence-electron chi connectivity index (χ0n) is 22.7. The molecule has 3 aromatic rings. The molecule has 3 heterocycles. The molecule has 4 rings (SSSR count). The number of fused-ring (bicyclic) bond motifs is 1. The molecule has 1 saturated heterocycles. The SMILES string of the molecule is CCOC(=O)[C@@H](C)N[P@@](=O)(OC[C@H]1O[C@@H](n2cnc3c(N(C)C)nc(N)nc32)[C@](C)(F)[C@@H]1O)Oc1ccccc1. The van der Waals surface area contributed by atoms with E-state index in [4.69, 9.17) is 24.3 Å². The number of nitrogen functional groups attached to an aromatic ring is 1. The smallest absolute Gasteiger partial charge is 0.459 e.